The van der Waals surface area contributed by atoms with Crippen LogP contribution in [0, 0.1) is 0 Å². The zero-order valence-electron chi connectivity index (χ0n) is 14.1. The van der Waals surface area contributed by atoms with E-state index in [9.17, 15) is 14.4 Å². The van der Waals surface area contributed by atoms with Crippen LogP contribution in [-0.4, -0.2) is 35.9 Å². The van der Waals surface area contributed by atoms with Gasteiger partial charge in [-0.3, -0.25) is 4.79 Å². The molecule has 134 valence electrons. The number of ether oxygens (including phenoxy) is 2. The molecule has 2 aromatic carbocycles. The highest BCUT2D eigenvalue weighted by Gasteiger charge is 2.41. The number of nitrogens with zero attached hydrogens (tertiary/aromatic N) is 1. The number of hydrogen-bond acceptors (Lipinski definition) is 5. The fraction of sp³-hybridized carbons (Fsp3) is 0.250. The third-order valence-corrected chi connectivity index (χ3v) is 4.17. The Balaban J connectivity index is 1.76. The predicted octanol–water partition coefficient (Wildman–Crippen LogP) is 2.88. The van der Waals surface area contributed by atoms with Gasteiger partial charge in [-0.2, -0.15) is 0 Å². The lowest BCUT2D eigenvalue weighted by Gasteiger charge is -2.24. The zero-order valence-corrected chi connectivity index (χ0v) is 14.1. The molecule has 1 fully saturated rings. The van der Waals surface area contributed by atoms with Gasteiger partial charge in [-0.1, -0.05) is 60.7 Å². The van der Waals surface area contributed by atoms with Gasteiger partial charge in [0.1, 0.15) is 25.0 Å². The van der Waals surface area contributed by atoms with Gasteiger partial charge < -0.3 is 14.3 Å². The highest BCUT2D eigenvalue weighted by molar-refractivity contribution is 5.97. The second kappa shape index (κ2) is 8.40. The maximum absolute atomic E-state index is 12.9. The summed E-state index contributed by atoms with van der Waals surface area (Å²) in [6.07, 6.45) is -1.27. The van der Waals surface area contributed by atoms with Gasteiger partial charge >= 0.3 is 6.09 Å². The molecular weight excluding hydrogens is 334 g/mol. The summed E-state index contributed by atoms with van der Waals surface area (Å²) in [6.45, 7) is 0.255. The number of benzene rings is 2. The van der Waals surface area contributed by atoms with E-state index in [1.165, 1.54) is 0 Å². The number of carbonyl (C=O) groups is 3. The lowest BCUT2D eigenvalue weighted by molar-refractivity contribution is -0.144. The standard InChI is InChI=1S/C20H19NO5/c22-12-11-18(25-13-15-7-3-1-4-8-15)19(23)21-17(14-26-20(21)24)16-9-5-2-6-10-16/h1-10,12,17-18H,11,13-14H2/t17-,18-/m0/s1. The molecular formula is C20H19NO5. The van der Waals surface area contributed by atoms with E-state index in [1.54, 1.807) is 0 Å². The van der Waals surface area contributed by atoms with E-state index in [-0.39, 0.29) is 19.6 Å². The summed E-state index contributed by atoms with van der Waals surface area (Å²) in [5, 5.41) is 0. The molecule has 2 atom stereocenters. The molecule has 0 saturated carbocycles. The quantitative estimate of drug-likeness (QED) is 0.716. The summed E-state index contributed by atoms with van der Waals surface area (Å²) in [5.41, 5.74) is 1.67. The van der Waals surface area contributed by atoms with Crippen molar-refractivity contribution in [3.05, 3.63) is 71.8 Å². The van der Waals surface area contributed by atoms with Crippen LogP contribution in [0.1, 0.15) is 23.6 Å². The van der Waals surface area contributed by atoms with E-state index in [4.69, 9.17) is 9.47 Å². The monoisotopic (exact) mass is 353 g/mol. The molecule has 2 amide bonds. The average Bonchev–Trinajstić information content (AvgIpc) is 3.07. The molecule has 26 heavy (non-hydrogen) atoms. The fourth-order valence-electron chi connectivity index (χ4n) is 2.84. The number of cyclic esters (lactones) is 1. The smallest absolute Gasteiger partial charge is 0.417 e. The molecule has 1 saturated heterocycles. The average molecular weight is 353 g/mol. The van der Waals surface area contributed by atoms with Crippen LogP contribution in [0.4, 0.5) is 4.79 Å². The van der Waals surface area contributed by atoms with E-state index >= 15 is 0 Å². The zero-order chi connectivity index (χ0) is 18.4. The van der Waals surface area contributed by atoms with Gasteiger partial charge in [-0.15, -0.1) is 0 Å². The molecule has 0 spiro atoms. The molecule has 1 heterocycles. The van der Waals surface area contributed by atoms with E-state index in [1.807, 2.05) is 60.7 Å². The Morgan fingerprint density at radius 2 is 1.81 bits per heavy atom. The maximum atomic E-state index is 12.9. The number of carbonyl (C=O) groups excluding carboxylic acids is 3. The van der Waals surface area contributed by atoms with Gasteiger partial charge in [-0.25, -0.2) is 9.69 Å². The van der Waals surface area contributed by atoms with Gasteiger partial charge in [0, 0.05) is 6.42 Å². The van der Waals surface area contributed by atoms with Gasteiger partial charge in [0.15, 0.2) is 0 Å². The van der Waals surface area contributed by atoms with Crippen molar-refractivity contribution >= 4 is 18.3 Å². The Labute approximate surface area is 151 Å². The summed E-state index contributed by atoms with van der Waals surface area (Å²) in [7, 11) is 0. The third-order valence-electron chi connectivity index (χ3n) is 4.17. The molecule has 6 heteroatoms. The van der Waals surface area contributed by atoms with Crippen LogP contribution < -0.4 is 0 Å². The summed E-state index contributed by atoms with van der Waals surface area (Å²) < 4.78 is 10.7. The lowest BCUT2D eigenvalue weighted by Crippen LogP contribution is -2.42. The number of imide groups is 1. The van der Waals surface area contributed by atoms with E-state index in [0.29, 0.717) is 6.29 Å². The molecule has 0 bridgehead atoms. The van der Waals surface area contributed by atoms with Gasteiger partial charge in [0.2, 0.25) is 0 Å². The van der Waals surface area contributed by atoms with Crippen molar-refractivity contribution in [3.63, 3.8) is 0 Å². The van der Waals surface area contributed by atoms with E-state index in [2.05, 4.69) is 0 Å². The highest BCUT2D eigenvalue weighted by atomic mass is 16.6. The normalized spacial score (nSPS) is 17.6. The number of amides is 2. The Morgan fingerprint density at radius 3 is 2.46 bits per heavy atom. The summed E-state index contributed by atoms with van der Waals surface area (Å²) in [6, 6.07) is 18.0. The fourth-order valence-corrected chi connectivity index (χ4v) is 2.84. The first-order valence-electron chi connectivity index (χ1n) is 8.34. The first kappa shape index (κ1) is 17.8. The largest absolute Gasteiger partial charge is 0.446 e. The lowest BCUT2D eigenvalue weighted by atomic mass is 10.1. The molecule has 0 aliphatic carbocycles. The van der Waals surface area contributed by atoms with Crippen molar-refractivity contribution in [1.82, 2.24) is 4.90 Å². The highest BCUT2D eigenvalue weighted by Crippen LogP contribution is 2.29. The molecule has 0 aromatic heterocycles. The molecule has 0 N–H and O–H groups in total. The second-order valence-electron chi connectivity index (χ2n) is 5.90. The third kappa shape index (κ3) is 3.97. The number of aldehydes is 1. The van der Waals surface area contributed by atoms with Crippen LogP contribution in [0.3, 0.4) is 0 Å². The van der Waals surface area contributed by atoms with Gasteiger partial charge in [0.25, 0.3) is 5.91 Å². The van der Waals surface area contributed by atoms with Crippen LogP contribution in [0.25, 0.3) is 0 Å². The first-order chi connectivity index (χ1) is 12.7. The van der Waals surface area contributed by atoms with Crippen molar-refractivity contribution < 1.29 is 23.9 Å². The van der Waals surface area contributed by atoms with Crippen LogP contribution in [0.2, 0.25) is 0 Å². The topological polar surface area (TPSA) is 72.9 Å². The molecule has 1 aliphatic heterocycles. The molecule has 0 unspecified atom stereocenters. The Kier molecular flexibility index (Phi) is 5.76. The van der Waals surface area contributed by atoms with Crippen LogP contribution >= 0.6 is 0 Å². The van der Waals surface area contributed by atoms with Gasteiger partial charge in [0.05, 0.1) is 6.61 Å². The molecule has 1 aliphatic rings. The van der Waals surface area contributed by atoms with Crippen LogP contribution in [0.15, 0.2) is 60.7 Å². The minimum atomic E-state index is -1.04. The number of rotatable bonds is 7. The van der Waals surface area contributed by atoms with Crippen molar-refractivity contribution in [2.24, 2.45) is 0 Å². The van der Waals surface area contributed by atoms with Crippen LogP contribution in [-0.2, 0) is 25.7 Å². The molecule has 2 aromatic rings. The maximum Gasteiger partial charge on any atom is 0.417 e. The second-order valence-corrected chi connectivity index (χ2v) is 5.90. The Bertz CT molecular complexity index is 762. The molecule has 3 rings (SSSR count). The van der Waals surface area contributed by atoms with E-state index < -0.39 is 24.1 Å². The predicted molar refractivity (Wildman–Crippen MR) is 93.1 cm³/mol. The SMILES string of the molecule is O=CC[C@H](OCc1ccccc1)C(=O)N1C(=O)OC[C@H]1c1ccccc1. The first-order valence-corrected chi connectivity index (χ1v) is 8.34. The Morgan fingerprint density at radius 1 is 1.15 bits per heavy atom. The summed E-state index contributed by atoms with van der Waals surface area (Å²) in [4.78, 5) is 37.1. The van der Waals surface area contributed by atoms with Gasteiger partial charge in [-0.05, 0) is 11.1 Å². The number of hydrogen-bond donors (Lipinski definition) is 0. The van der Waals surface area contributed by atoms with Crippen molar-refractivity contribution in [3.8, 4) is 0 Å². The van der Waals surface area contributed by atoms with Crippen molar-refractivity contribution in [2.75, 3.05) is 6.61 Å². The molecule has 6 nitrogen and oxygen atoms in total. The summed E-state index contributed by atoms with van der Waals surface area (Å²) in [5.74, 6) is -0.565. The van der Waals surface area contributed by atoms with Crippen molar-refractivity contribution in [2.45, 2.75) is 25.2 Å². The Hall–Kier alpha value is -2.99. The minimum absolute atomic E-state index is 0.0844. The van der Waals surface area contributed by atoms with Crippen molar-refractivity contribution in [1.29, 1.82) is 0 Å². The summed E-state index contributed by atoms with van der Waals surface area (Å²) >= 11 is 0. The molecule has 0 radical (unpaired) electrons. The minimum Gasteiger partial charge on any atom is -0.446 e. The van der Waals surface area contributed by atoms with Crippen LogP contribution in [0.5, 0.6) is 0 Å². The van der Waals surface area contributed by atoms with E-state index in [0.717, 1.165) is 16.0 Å².